The Balaban J connectivity index is 1.44. The standard InChI is InChI=1S/C22H24FN3O2/c1-26(20-12-18-9-10-19(13-20)24-18)22(28)15-3-2-4-17(11-15)25-21(27)14-5-7-16(23)8-6-14/h2-8,11,18-20,24H,9-10,12-13H2,1H3,(H,25,27). The third-order valence-corrected chi connectivity index (χ3v) is 5.79. The maximum atomic E-state index is 13.0. The molecule has 28 heavy (non-hydrogen) atoms. The Kier molecular flexibility index (Phi) is 5.13. The molecule has 5 nitrogen and oxygen atoms in total. The van der Waals surface area contributed by atoms with Gasteiger partial charge in [-0.2, -0.15) is 0 Å². The van der Waals surface area contributed by atoms with E-state index in [9.17, 15) is 14.0 Å². The van der Waals surface area contributed by atoms with Gasteiger partial charge in [0.05, 0.1) is 0 Å². The highest BCUT2D eigenvalue weighted by Crippen LogP contribution is 2.30. The van der Waals surface area contributed by atoms with Gasteiger partial charge in [0, 0.05) is 42.0 Å². The van der Waals surface area contributed by atoms with Crippen molar-refractivity contribution in [1.29, 1.82) is 0 Å². The van der Waals surface area contributed by atoms with Crippen LogP contribution in [0.25, 0.3) is 0 Å². The lowest BCUT2D eigenvalue weighted by Crippen LogP contribution is -2.48. The summed E-state index contributed by atoms with van der Waals surface area (Å²) in [7, 11) is 1.86. The lowest BCUT2D eigenvalue weighted by atomic mass is 9.98. The van der Waals surface area contributed by atoms with E-state index in [0.29, 0.717) is 28.9 Å². The predicted octanol–water partition coefficient (Wildman–Crippen LogP) is 3.43. The Hall–Kier alpha value is -2.73. The Morgan fingerprint density at radius 3 is 2.39 bits per heavy atom. The summed E-state index contributed by atoms with van der Waals surface area (Å²) in [5.41, 5.74) is 1.45. The number of rotatable bonds is 4. The van der Waals surface area contributed by atoms with Gasteiger partial charge >= 0.3 is 0 Å². The number of nitrogens with zero attached hydrogens (tertiary/aromatic N) is 1. The van der Waals surface area contributed by atoms with Crippen molar-refractivity contribution in [2.45, 2.75) is 43.8 Å². The summed E-state index contributed by atoms with van der Waals surface area (Å²) in [6, 6.07) is 13.6. The summed E-state index contributed by atoms with van der Waals surface area (Å²) in [5, 5.41) is 6.37. The van der Waals surface area contributed by atoms with E-state index in [-0.39, 0.29) is 17.9 Å². The summed E-state index contributed by atoms with van der Waals surface area (Å²) in [6.45, 7) is 0. The zero-order valence-electron chi connectivity index (χ0n) is 15.8. The molecule has 2 aromatic carbocycles. The molecule has 0 saturated carbocycles. The Labute approximate surface area is 163 Å². The molecule has 2 N–H and O–H groups in total. The van der Waals surface area contributed by atoms with Crippen molar-refractivity contribution in [2.24, 2.45) is 0 Å². The molecule has 146 valence electrons. The maximum Gasteiger partial charge on any atom is 0.255 e. The van der Waals surface area contributed by atoms with E-state index in [0.717, 1.165) is 12.8 Å². The van der Waals surface area contributed by atoms with Crippen molar-refractivity contribution in [2.75, 3.05) is 12.4 Å². The molecule has 2 atom stereocenters. The number of hydrogen-bond donors (Lipinski definition) is 2. The Bertz CT molecular complexity index is 872. The van der Waals surface area contributed by atoms with Crippen LogP contribution in [0.15, 0.2) is 48.5 Å². The molecule has 0 radical (unpaired) electrons. The quantitative estimate of drug-likeness (QED) is 0.853. The highest BCUT2D eigenvalue weighted by atomic mass is 19.1. The van der Waals surface area contributed by atoms with Crippen molar-refractivity contribution in [3.05, 3.63) is 65.5 Å². The van der Waals surface area contributed by atoms with Crippen molar-refractivity contribution >= 4 is 17.5 Å². The van der Waals surface area contributed by atoms with Gasteiger partial charge in [0.2, 0.25) is 0 Å². The average Bonchev–Trinajstić information content (AvgIpc) is 3.05. The van der Waals surface area contributed by atoms with E-state index in [2.05, 4.69) is 10.6 Å². The lowest BCUT2D eigenvalue weighted by molar-refractivity contribution is 0.0681. The lowest BCUT2D eigenvalue weighted by Gasteiger charge is -2.35. The molecule has 2 aliphatic heterocycles. The minimum atomic E-state index is -0.390. The zero-order chi connectivity index (χ0) is 19.7. The third kappa shape index (κ3) is 3.92. The van der Waals surface area contributed by atoms with Crippen molar-refractivity contribution in [3.63, 3.8) is 0 Å². The van der Waals surface area contributed by atoms with Crippen molar-refractivity contribution in [3.8, 4) is 0 Å². The Morgan fingerprint density at radius 2 is 1.71 bits per heavy atom. The number of carbonyl (C=O) groups is 2. The van der Waals surface area contributed by atoms with E-state index in [1.165, 1.54) is 37.1 Å². The van der Waals surface area contributed by atoms with Crippen LogP contribution in [0.5, 0.6) is 0 Å². The fourth-order valence-corrected chi connectivity index (χ4v) is 4.25. The van der Waals surface area contributed by atoms with Gasteiger partial charge < -0.3 is 15.5 Å². The summed E-state index contributed by atoms with van der Waals surface area (Å²) in [6.07, 6.45) is 4.35. The van der Waals surface area contributed by atoms with Gasteiger partial charge in [0.15, 0.2) is 0 Å². The van der Waals surface area contributed by atoms with Gasteiger partial charge in [-0.25, -0.2) is 4.39 Å². The second-order valence-electron chi connectivity index (χ2n) is 7.72. The highest BCUT2D eigenvalue weighted by molar-refractivity contribution is 6.05. The van der Waals surface area contributed by atoms with E-state index < -0.39 is 5.82 Å². The predicted molar refractivity (Wildman–Crippen MR) is 106 cm³/mol. The smallest absolute Gasteiger partial charge is 0.255 e. The first-order valence-corrected chi connectivity index (χ1v) is 9.70. The molecular formula is C22H24FN3O2. The fourth-order valence-electron chi connectivity index (χ4n) is 4.25. The molecule has 0 aliphatic carbocycles. The van der Waals surface area contributed by atoms with E-state index >= 15 is 0 Å². The summed E-state index contributed by atoms with van der Waals surface area (Å²) in [4.78, 5) is 27.1. The number of anilines is 1. The van der Waals surface area contributed by atoms with E-state index in [4.69, 9.17) is 0 Å². The van der Waals surface area contributed by atoms with Gasteiger partial charge in [0.1, 0.15) is 5.82 Å². The number of nitrogens with one attached hydrogen (secondary N) is 2. The van der Waals surface area contributed by atoms with Crippen LogP contribution in [-0.2, 0) is 0 Å². The van der Waals surface area contributed by atoms with Crippen LogP contribution < -0.4 is 10.6 Å². The number of benzene rings is 2. The number of hydrogen-bond acceptors (Lipinski definition) is 3. The topological polar surface area (TPSA) is 61.4 Å². The molecule has 2 aromatic rings. The number of halogens is 1. The van der Waals surface area contributed by atoms with Gasteiger partial charge in [0.25, 0.3) is 11.8 Å². The van der Waals surface area contributed by atoms with Crippen molar-refractivity contribution in [1.82, 2.24) is 10.2 Å². The fraction of sp³-hybridized carbons (Fsp3) is 0.364. The van der Waals surface area contributed by atoms with Crippen LogP contribution in [0.3, 0.4) is 0 Å². The molecule has 2 heterocycles. The van der Waals surface area contributed by atoms with Crippen LogP contribution in [0.4, 0.5) is 10.1 Å². The van der Waals surface area contributed by atoms with Gasteiger partial charge in [-0.05, 0) is 68.1 Å². The minimum Gasteiger partial charge on any atom is -0.339 e. The zero-order valence-corrected chi connectivity index (χ0v) is 15.8. The normalized spacial score (nSPS) is 23.3. The van der Waals surface area contributed by atoms with Crippen molar-refractivity contribution < 1.29 is 14.0 Å². The molecule has 2 fully saturated rings. The van der Waals surface area contributed by atoms with Crippen LogP contribution in [0, 0.1) is 5.82 Å². The largest absolute Gasteiger partial charge is 0.339 e. The average molecular weight is 381 g/mol. The van der Waals surface area contributed by atoms with E-state index in [1.54, 1.807) is 24.3 Å². The molecule has 2 bridgehead atoms. The number of fused-ring (bicyclic) bond motifs is 2. The van der Waals surface area contributed by atoms with Crippen LogP contribution in [0.1, 0.15) is 46.4 Å². The molecular weight excluding hydrogens is 357 g/mol. The summed E-state index contributed by atoms with van der Waals surface area (Å²) >= 11 is 0. The summed E-state index contributed by atoms with van der Waals surface area (Å²) in [5.74, 6) is -0.768. The Morgan fingerprint density at radius 1 is 1.04 bits per heavy atom. The van der Waals surface area contributed by atoms with Gasteiger partial charge in [-0.1, -0.05) is 6.07 Å². The molecule has 0 spiro atoms. The first-order chi connectivity index (χ1) is 13.5. The highest BCUT2D eigenvalue weighted by Gasteiger charge is 2.36. The number of carbonyl (C=O) groups excluding carboxylic acids is 2. The van der Waals surface area contributed by atoms with E-state index in [1.807, 2.05) is 11.9 Å². The molecule has 0 aromatic heterocycles. The molecule has 4 rings (SSSR count). The summed E-state index contributed by atoms with van der Waals surface area (Å²) < 4.78 is 13.0. The first-order valence-electron chi connectivity index (χ1n) is 9.70. The SMILES string of the molecule is CN(C(=O)c1cccc(NC(=O)c2ccc(F)cc2)c1)C1CC2CCC(C1)N2. The van der Waals surface area contributed by atoms with Crippen LogP contribution >= 0.6 is 0 Å². The number of amides is 2. The molecule has 2 amide bonds. The first kappa shape index (κ1) is 18.6. The molecule has 6 heteroatoms. The molecule has 2 aliphatic rings. The monoisotopic (exact) mass is 381 g/mol. The third-order valence-electron chi connectivity index (χ3n) is 5.79. The van der Waals surface area contributed by atoms with Crippen LogP contribution in [0.2, 0.25) is 0 Å². The maximum absolute atomic E-state index is 13.0. The van der Waals surface area contributed by atoms with Gasteiger partial charge in [-0.3, -0.25) is 9.59 Å². The number of piperidine rings is 1. The second kappa shape index (κ2) is 7.72. The minimum absolute atomic E-state index is 0.0378. The molecule has 2 saturated heterocycles. The van der Waals surface area contributed by atoms with Gasteiger partial charge in [-0.15, -0.1) is 0 Å². The second-order valence-corrected chi connectivity index (χ2v) is 7.72. The molecule has 2 unspecified atom stereocenters. The van der Waals surface area contributed by atoms with Crippen LogP contribution in [-0.4, -0.2) is 41.9 Å².